The number of aromatic nitrogens is 2. The number of hydrogen-bond donors (Lipinski definition) is 1. The number of fused-ring (bicyclic) bond motifs is 1. The molecule has 19 heavy (non-hydrogen) atoms. The minimum absolute atomic E-state index is 0.0919. The number of piperidine rings is 1. The van der Waals surface area contributed by atoms with Crippen LogP contribution >= 0.6 is 11.3 Å². The lowest BCUT2D eigenvalue weighted by Crippen LogP contribution is -2.35. The maximum atomic E-state index is 9.60. The van der Waals surface area contributed by atoms with Gasteiger partial charge in [0.15, 0.2) is 4.96 Å². The van der Waals surface area contributed by atoms with Crippen molar-refractivity contribution in [2.45, 2.75) is 44.2 Å². The van der Waals surface area contributed by atoms with Crippen molar-refractivity contribution in [1.82, 2.24) is 14.3 Å². The Balaban J connectivity index is 1.61. The average molecular weight is 277 g/mol. The molecule has 2 aromatic rings. The van der Waals surface area contributed by atoms with Crippen LogP contribution in [0.4, 0.5) is 0 Å². The van der Waals surface area contributed by atoms with E-state index >= 15 is 0 Å². The Morgan fingerprint density at radius 3 is 2.79 bits per heavy atom. The molecule has 1 saturated heterocycles. The van der Waals surface area contributed by atoms with E-state index < -0.39 is 0 Å². The lowest BCUT2D eigenvalue weighted by molar-refractivity contribution is 0.0784. The molecule has 0 amide bonds. The third kappa shape index (κ3) is 2.20. The molecule has 2 aromatic heterocycles. The first kappa shape index (κ1) is 11.9. The van der Waals surface area contributed by atoms with E-state index in [1.165, 1.54) is 24.2 Å². The molecule has 0 bridgehead atoms. The SMILES string of the molecule is OC1CCN(Cc2c(C3CC3)nc3sccn23)CC1. The Morgan fingerprint density at radius 1 is 1.26 bits per heavy atom. The molecule has 4 rings (SSSR count). The molecule has 1 aliphatic heterocycles. The predicted molar refractivity (Wildman–Crippen MR) is 75.6 cm³/mol. The van der Waals surface area contributed by atoms with Gasteiger partial charge in [-0.05, 0) is 25.7 Å². The molecule has 4 nitrogen and oxygen atoms in total. The number of aliphatic hydroxyl groups is 1. The quantitative estimate of drug-likeness (QED) is 0.935. The van der Waals surface area contributed by atoms with Gasteiger partial charge in [0.25, 0.3) is 0 Å². The molecule has 0 unspecified atom stereocenters. The van der Waals surface area contributed by atoms with Gasteiger partial charge < -0.3 is 5.11 Å². The number of rotatable bonds is 3. The molecule has 1 aliphatic carbocycles. The number of imidazole rings is 1. The standard InChI is InChI=1S/C14H19N3OS/c18-11-3-5-16(6-4-11)9-12-13(10-1-2-10)15-14-17(12)7-8-19-14/h7-8,10-11,18H,1-6,9H2. The normalized spacial score (nSPS) is 22.4. The van der Waals surface area contributed by atoms with Gasteiger partial charge in [-0.1, -0.05) is 0 Å². The van der Waals surface area contributed by atoms with Crippen molar-refractivity contribution in [3.63, 3.8) is 0 Å². The first-order valence-corrected chi connectivity index (χ1v) is 8.04. The Labute approximate surface area is 116 Å². The molecule has 3 heterocycles. The largest absolute Gasteiger partial charge is 0.393 e. The minimum Gasteiger partial charge on any atom is -0.393 e. The van der Waals surface area contributed by atoms with E-state index in [-0.39, 0.29) is 6.10 Å². The maximum Gasteiger partial charge on any atom is 0.194 e. The first-order chi connectivity index (χ1) is 9.31. The number of likely N-dealkylation sites (tertiary alicyclic amines) is 1. The zero-order valence-corrected chi connectivity index (χ0v) is 11.8. The van der Waals surface area contributed by atoms with E-state index in [2.05, 4.69) is 20.9 Å². The summed E-state index contributed by atoms with van der Waals surface area (Å²) < 4.78 is 2.27. The van der Waals surface area contributed by atoms with E-state index in [0.29, 0.717) is 5.92 Å². The molecule has 0 radical (unpaired) electrons. The molecular formula is C14H19N3OS. The fraction of sp³-hybridized carbons (Fsp3) is 0.643. The summed E-state index contributed by atoms with van der Waals surface area (Å²) in [5.41, 5.74) is 2.72. The predicted octanol–water partition coefficient (Wildman–Crippen LogP) is 2.23. The summed E-state index contributed by atoms with van der Waals surface area (Å²) in [6, 6.07) is 0. The van der Waals surface area contributed by atoms with Crippen LogP contribution in [0.2, 0.25) is 0 Å². The molecule has 5 heteroatoms. The summed E-state index contributed by atoms with van der Waals surface area (Å²) in [6.45, 7) is 2.99. The number of thiazole rings is 1. The van der Waals surface area contributed by atoms with Crippen molar-refractivity contribution >= 4 is 16.3 Å². The fourth-order valence-electron chi connectivity index (χ4n) is 2.98. The summed E-state index contributed by atoms with van der Waals surface area (Å²) in [5.74, 6) is 0.706. The first-order valence-electron chi connectivity index (χ1n) is 7.16. The minimum atomic E-state index is -0.0919. The highest BCUT2D eigenvalue weighted by atomic mass is 32.1. The summed E-state index contributed by atoms with van der Waals surface area (Å²) in [4.78, 5) is 8.41. The molecular weight excluding hydrogens is 258 g/mol. The van der Waals surface area contributed by atoms with Crippen LogP contribution in [0.3, 0.4) is 0 Å². The second-order valence-electron chi connectivity index (χ2n) is 5.78. The van der Waals surface area contributed by atoms with Crippen LogP contribution in [0.15, 0.2) is 11.6 Å². The summed E-state index contributed by atoms with van der Waals surface area (Å²) in [5, 5.41) is 11.7. The van der Waals surface area contributed by atoms with Gasteiger partial charge >= 0.3 is 0 Å². The topological polar surface area (TPSA) is 40.8 Å². The third-order valence-corrected chi connectivity index (χ3v) is 5.04. The zero-order valence-electron chi connectivity index (χ0n) is 11.0. The van der Waals surface area contributed by atoms with Crippen molar-refractivity contribution in [3.8, 4) is 0 Å². The summed E-state index contributed by atoms with van der Waals surface area (Å²) >= 11 is 1.72. The van der Waals surface area contributed by atoms with E-state index in [0.717, 1.165) is 37.4 Å². The maximum absolute atomic E-state index is 9.60. The third-order valence-electron chi connectivity index (χ3n) is 4.29. The molecule has 2 fully saturated rings. The van der Waals surface area contributed by atoms with E-state index in [4.69, 9.17) is 4.98 Å². The lowest BCUT2D eigenvalue weighted by Gasteiger charge is -2.29. The average Bonchev–Trinajstić information content (AvgIpc) is 3.05. The van der Waals surface area contributed by atoms with Gasteiger partial charge in [-0.3, -0.25) is 9.30 Å². The molecule has 0 atom stereocenters. The van der Waals surface area contributed by atoms with Gasteiger partial charge in [-0.15, -0.1) is 11.3 Å². The number of hydrogen-bond acceptors (Lipinski definition) is 4. The van der Waals surface area contributed by atoms with Crippen molar-refractivity contribution in [2.75, 3.05) is 13.1 Å². The van der Waals surface area contributed by atoms with Crippen LogP contribution in [0.5, 0.6) is 0 Å². The lowest BCUT2D eigenvalue weighted by atomic mass is 10.1. The molecule has 0 spiro atoms. The monoisotopic (exact) mass is 277 g/mol. The highest BCUT2D eigenvalue weighted by Crippen LogP contribution is 2.42. The Kier molecular flexibility index (Phi) is 2.86. The van der Waals surface area contributed by atoms with Crippen molar-refractivity contribution in [1.29, 1.82) is 0 Å². The summed E-state index contributed by atoms with van der Waals surface area (Å²) in [6.07, 6.45) is 6.47. The van der Waals surface area contributed by atoms with Gasteiger partial charge in [0.1, 0.15) is 0 Å². The molecule has 1 saturated carbocycles. The van der Waals surface area contributed by atoms with E-state index in [1.807, 2.05) is 0 Å². The highest BCUT2D eigenvalue weighted by molar-refractivity contribution is 7.15. The van der Waals surface area contributed by atoms with Gasteiger partial charge in [0.05, 0.1) is 17.5 Å². The van der Waals surface area contributed by atoms with Crippen LogP contribution < -0.4 is 0 Å². The number of nitrogens with zero attached hydrogens (tertiary/aromatic N) is 3. The van der Waals surface area contributed by atoms with Crippen molar-refractivity contribution in [2.24, 2.45) is 0 Å². The van der Waals surface area contributed by atoms with Crippen LogP contribution in [0, 0.1) is 0 Å². The zero-order chi connectivity index (χ0) is 12.8. The van der Waals surface area contributed by atoms with Crippen LogP contribution in [0.25, 0.3) is 4.96 Å². The summed E-state index contributed by atoms with van der Waals surface area (Å²) in [7, 11) is 0. The van der Waals surface area contributed by atoms with Gasteiger partial charge in [-0.2, -0.15) is 0 Å². The van der Waals surface area contributed by atoms with Gasteiger partial charge in [-0.25, -0.2) is 4.98 Å². The van der Waals surface area contributed by atoms with Crippen molar-refractivity contribution < 1.29 is 5.11 Å². The number of aliphatic hydroxyl groups excluding tert-OH is 1. The van der Waals surface area contributed by atoms with Gasteiger partial charge in [0, 0.05) is 37.1 Å². The Morgan fingerprint density at radius 2 is 2.05 bits per heavy atom. The van der Waals surface area contributed by atoms with Crippen LogP contribution in [-0.2, 0) is 6.54 Å². The Bertz CT molecular complexity index is 579. The second kappa shape index (κ2) is 4.58. The van der Waals surface area contributed by atoms with E-state index in [1.54, 1.807) is 11.3 Å². The van der Waals surface area contributed by atoms with Gasteiger partial charge in [0.2, 0.25) is 0 Å². The van der Waals surface area contributed by atoms with E-state index in [9.17, 15) is 5.11 Å². The Hall–Kier alpha value is -0.910. The molecule has 0 aromatic carbocycles. The molecule has 102 valence electrons. The molecule has 2 aliphatic rings. The fourth-order valence-corrected chi connectivity index (χ4v) is 3.72. The van der Waals surface area contributed by atoms with Crippen molar-refractivity contribution in [3.05, 3.63) is 23.0 Å². The van der Waals surface area contributed by atoms with Crippen LogP contribution in [0.1, 0.15) is 43.0 Å². The second-order valence-corrected chi connectivity index (χ2v) is 6.65. The molecule has 1 N–H and O–H groups in total. The smallest absolute Gasteiger partial charge is 0.194 e. The van der Waals surface area contributed by atoms with Crippen LogP contribution in [-0.4, -0.2) is 38.6 Å². The highest BCUT2D eigenvalue weighted by Gasteiger charge is 2.31.